The van der Waals surface area contributed by atoms with E-state index in [0.29, 0.717) is 24.5 Å². The van der Waals surface area contributed by atoms with Crippen molar-refractivity contribution in [3.63, 3.8) is 0 Å². The van der Waals surface area contributed by atoms with E-state index in [1.54, 1.807) is 6.20 Å². The zero-order chi connectivity index (χ0) is 15.1. The lowest BCUT2D eigenvalue weighted by Gasteiger charge is -2.15. The number of aromatic nitrogens is 5. The summed E-state index contributed by atoms with van der Waals surface area (Å²) in [4.78, 5) is 12.8. The van der Waals surface area contributed by atoms with Crippen LogP contribution < -0.4 is 15.4 Å². The van der Waals surface area contributed by atoms with E-state index in [1.165, 1.54) is 0 Å². The highest BCUT2D eigenvalue weighted by Gasteiger charge is 2.10. The lowest BCUT2D eigenvalue weighted by Crippen LogP contribution is -2.24. The van der Waals surface area contributed by atoms with Crippen LogP contribution in [0, 0.1) is 0 Å². The van der Waals surface area contributed by atoms with Crippen molar-refractivity contribution in [2.45, 2.75) is 33.4 Å². The molecule has 2 aromatic heterocycles. The molecular formula is C13H21N7O. The summed E-state index contributed by atoms with van der Waals surface area (Å²) >= 11 is 0. The van der Waals surface area contributed by atoms with Gasteiger partial charge in [0.15, 0.2) is 0 Å². The minimum absolute atomic E-state index is 0.122. The van der Waals surface area contributed by atoms with E-state index in [2.05, 4.69) is 30.7 Å². The van der Waals surface area contributed by atoms with Gasteiger partial charge in [0.2, 0.25) is 11.9 Å². The molecule has 0 aliphatic carbocycles. The highest BCUT2D eigenvalue weighted by molar-refractivity contribution is 5.36. The highest BCUT2D eigenvalue weighted by Crippen LogP contribution is 2.12. The van der Waals surface area contributed by atoms with Crippen molar-refractivity contribution in [1.29, 1.82) is 0 Å². The number of hydrogen-bond donors (Lipinski definition) is 2. The monoisotopic (exact) mass is 291 g/mol. The Morgan fingerprint density at radius 3 is 2.71 bits per heavy atom. The molecule has 0 amide bonds. The van der Waals surface area contributed by atoms with Crippen LogP contribution in [0.15, 0.2) is 18.5 Å². The van der Waals surface area contributed by atoms with Gasteiger partial charge in [0.25, 0.3) is 0 Å². The molecule has 0 aliphatic heterocycles. The molecule has 2 heterocycles. The third-order valence-corrected chi connectivity index (χ3v) is 2.62. The summed E-state index contributed by atoms with van der Waals surface area (Å²) in [6.45, 7) is 7.88. The second-order valence-corrected chi connectivity index (χ2v) is 4.50. The van der Waals surface area contributed by atoms with Crippen molar-refractivity contribution in [1.82, 2.24) is 24.7 Å². The second kappa shape index (κ2) is 7.41. The van der Waals surface area contributed by atoms with Crippen molar-refractivity contribution < 1.29 is 4.74 Å². The van der Waals surface area contributed by atoms with Crippen LogP contribution in [-0.4, -0.2) is 43.9 Å². The molecule has 1 atom stereocenters. The van der Waals surface area contributed by atoms with Crippen LogP contribution in [0.4, 0.5) is 11.9 Å². The molecule has 0 aliphatic rings. The van der Waals surface area contributed by atoms with Crippen molar-refractivity contribution in [3.05, 3.63) is 18.5 Å². The lowest BCUT2D eigenvalue weighted by atomic mass is 10.3. The predicted octanol–water partition coefficient (Wildman–Crippen LogP) is 1.40. The summed E-state index contributed by atoms with van der Waals surface area (Å²) in [6, 6.07) is 2.33. The smallest absolute Gasteiger partial charge is 0.323 e. The number of anilines is 2. The molecule has 0 saturated heterocycles. The highest BCUT2D eigenvalue weighted by atomic mass is 16.5. The first kappa shape index (κ1) is 15.0. The van der Waals surface area contributed by atoms with Crippen LogP contribution in [0.3, 0.4) is 0 Å². The first-order chi connectivity index (χ1) is 10.2. The fourth-order valence-electron chi connectivity index (χ4n) is 1.81. The van der Waals surface area contributed by atoms with Gasteiger partial charge in [-0.25, -0.2) is 0 Å². The molecule has 0 radical (unpaired) electrons. The molecule has 2 aromatic rings. The summed E-state index contributed by atoms with van der Waals surface area (Å²) in [7, 11) is 0. The van der Waals surface area contributed by atoms with Gasteiger partial charge in [0, 0.05) is 25.0 Å². The minimum atomic E-state index is 0.122. The minimum Gasteiger partial charge on any atom is -0.464 e. The van der Waals surface area contributed by atoms with Crippen LogP contribution in [-0.2, 0) is 6.54 Å². The van der Waals surface area contributed by atoms with Gasteiger partial charge in [-0.15, -0.1) is 0 Å². The summed E-state index contributed by atoms with van der Waals surface area (Å²) in [5.74, 6) is 0.994. The summed E-state index contributed by atoms with van der Waals surface area (Å²) in [5, 5.41) is 10.5. The molecule has 1 unspecified atom stereocenters. The van der Waals surface area contributed by atoms with Crippen LogP contribution >= 0.6 is 0 Å². The van der Waals surface area contributed by atoms with Crippen LogP contribution in [0.25, 0.3) is 0 Å². The van der Waals surface area contributed by atoms with Crippen molar-refractivity contribution in [2.75, 3.05) is 23.8 Å². The average molecular weight is 291 g/mol. The maximum absolute atomic E-state index is 5.36. The molecule has 0 fully saturated rings. The Balaban J connectivity index is 2.06. The molecule has 2 rings (SSSR count). The number of ether oxygens (including phenoxy) is 1. The number of nitrogens with zero attached hydrogens (tertiary/aromatic N) is 5. The van der Waals surface area contributed by atoms with E-state index in [9.17, 15) is 0 Å². The number of hydrogen-bond acceptors (Lipinski definition) is 7. The normalized spacial score (nSPS) is 12.0. The van der Waals surface area contributed by atoms with E-state index >= 15 is 0 Å². The van der Waals surface area contributed by atoms with Crippen LogP contribution in [0.5, 0.6) is 6.01 Å². The third kappa shape index (κ3) is 4.59. The Morgan fingerprint density at radius 2 is 2.05 bits per heavy atom. The summed E-state index contributed by atoms with van der Waals surface area (Å²) in [6.07, 6.45) is 3.67. The van der Waals surface area contributed by atoms with E-state index in [1.807, 2.05) is 37.7 Å². The Hall–Kier alpha value is -2.38. The summed E-state index contributed by atoms with van der Waals surface area (Å²) in [5.41, 5.74) is 0. The molecule has 8 nitrogen and oxygen atoms in total. The number of nitrogens with one attached hydrogen (secondary N) is 2. The van der Waals surface area contributed by atoms with Crippen LogP contribution in [0.1, 0.15) is 20.8 Å². The van der Waals surface area contributed by atoms with Gasteiger partial charge in [-0.3, -0.25) is 4.68 Å². The largest absolute Gasteiger partial charge is 0.464 e. The van der Waals surface area contributed by atoms with Gasteiger partial charge in [-0.1, -0.05) is 0 Å². The van der Waals surface area contributed by atoms with Crippen molar-refractivity contribution >= 4 is 11.9 Å². The van der Waals surface area contributed by atoms with Crippen molar-refractivity contribution in [2.24, 2.45) is 0 Å². The molecule has 8 heteroatoms. The summed E-state index contributed by atoms with van der Waals surface area (Å²) < 4.78 is 7.22. The van der Waals surface area contributed by atoms with E-state index in [-0.39, 0.29) is 6.04 Å². The topological polar surface area (TPSA) is 89.8 Å². The quantitative estimate of drug-likeness (QED) is 0.759. The average Bonchev–Trinajstić information content (AvgIpc) is 2.91. The first-order valence-electron chi connectivity index (χ1n) is 7.08. The lowest BCUT2D eigenvalue weighted by molar-refractivity contribution is 0.312. The van der Waals surface area contributed by atoms with Gasteiger partial charge >= 0.3 is 6.01 Å². The fourth-order valence-corrected chi connectivity index (χ4v) is 1.81. The van der Waals surface area contributed by atoms with Gasteiger partial charge in [-0.2, -0.15) is 20.1 Å². The standard InChI is InChI=1S/C13H21N7O/c1-4-14-11-17-12(19-13(18-11)21-5-2)16-10(3)9-20-8-6-7-15-20/h6-8,10H,4-5,9H2,1-3H3,(H2,14,16,17,18,19). The number of rotatable bonds is 8. The first-order valence-corrected chi connectivity index (χ1v) is 7.08. The fraction of sp³-hybridized carbons (Fsp3) is 0.538. The SMILES string of the molecule is CCNc1nc(NC(C)Cn2cccn2)nc(OCC)n1. The van der Waals surface area contributed by atoms with Gasteiger partial charge < -0.3 is 15.4 Å². The Kier molecular flexibility index (Phi) is 5.30. The Labute approximate surface area is 124 Å². The van der Waals surface area contributed by atoms with Gasteiger partial charge in [-0.05, 0) is 26.8 Å². The molecule has 114 valence electrons. The molecule has 0 spiro atoms. The van der Waals surface area contributed by atoms with Crippen molar-refractivity contribution in [3.8, 4) is 6.01 Å². The third-order valence-electron chi connectivity index (χ3n) is 2.62. The van der Waals surface area contributed by atoms with E-state index in [0.717, 1.165) is 13.1 Å². The Morgan fingerprint density at radius 1 is 1.24 bits per heavy atom. The molecule has 0 aromatic carbocycles. The zero-order valence-electron chi connectivity index (χ0n) is 12.6. The van der Waals surface area contributed by atoms with Crippen LogP contribution in [0.2, 0.25) is 0 Å². The Bertz CT molecular complexity index is 519. The molecule has 21 heavy (non-hydrogen) atoms. The second-order valence-electron chi connectivity index (χ2n) is 4.50. The molecule has 2 N–H and O–H groups in total. The predicted molar refractivity (Wildman–Crippen MR) is 80.5 cm³/mol. The molecule has 0 saturated carbocycles. The molecule has 0 bridgehead atoms. The maximum atomic E-state index is 5.36. The maximum Gasteiger partial charge on any atom is 0.323 e. The van der Waals surface area contributed by atoms with Gasteiger partial charge in [0.05, 0.1) is 13.2 Å². The van der Waals surface area contributed by atoms with E-state index in [4.69, 9.17) is 4.74 Å². The van der Waals surface area contributed by atoms with Gasteiger partial charge in [0.1, 0.15) is 0 Å². The molecular weight excluding hydrogens is 270 g/mol. The zero-order valence-corrected chi connectivity index (χ0v) is 12.6. The van der Waals surface area contributed by atoms with E-state index < -0.39 is 0 Å².